The first-order valence-electron chi connectivity index (χ1n) is 8.01. The molecule has 0 saturated carbocycles. The molecule has 0 aliphatic carbocycles. The lowest BCUT2D eigenvalue weighted by Gasteiger charge is -2.34. The number of aliphatic hydroxyl groups is 1. The van der Waals surface area contributed by atoms with Crippen LogP contribution in [0.2, 0.25) is 0 Å². The highest BCUT2D eigenvalue weighted by Gasteiger charge is 2.29. The van der Waals surface area contributed by atoms with Gasteiger partial charge in [0, 0.05) is 25.3 Å². The predicted octanol–water partition coefficient (Wildman–Crippen LogP) is 2.96. The first-order chi connectivity index (χ1) is 11.1. The van der Waals surface area contributed by atoms with Crippen LogP contribution in [-0.4, -0.2) is 33.6 Å². The SMILES string of the molecule is CS(=O)c1ccc(C(O)C2CCCN(Cc3ccccc3)C2)o1. The van der Waals surface area contributed by atoms with E-state index in [4.69, 9.17) is 4.42 Å². The first-order valence-corrected chi connectivity index (χ1v) is 9.57. The van der Waals surface area contributed by atoms with Gasteiger partial charge in [-0.15, -0.1) is 0 Å². The summed E-state index contributed by atoms with van der Waals surface area (Å²) in [5.74, 6) is 0.679. The van der Waals surface area contributed by atoms with Crippen molar-refractivity contribution in [1.82, 2.24) is 4.90 Å². The van der Waals surface area contributed by atoms with Crippen LogP contribution in [0.4, 0.5) is 0 Å². The topological polar surface area (TPSA) is 53.7 Å². The van der Waals surface area contributed by atoms with Crippen molar-refractivity contribution in [3.8, 4) is 0 Å². The van der Waals surface area contributed by atoms with E-state index in [-0.39, 0.29) is 5.92 Å². The molecular weight excluding hydrogens is 310 g/mol. The number of nitrogens with zero attached hydrogens (tertiary/aromatic N) is 1. The number of hydrogen-bond acceptors (Lipinski definition) is 4. The fourth-order valence-electron chi connectivity index (χ4n) is 3.21. The predicted molar refractivity (Wildman–Crippen MR) is 90.4 cm³/mol. The molecule has 1 aromatic heterocycles. The molecule has 124 valence electrons. The molecule has 0 bridgehead atoms. The van der Waals surface area contributed by atoms with Gasteiger partial charge in [0.05, 0.1) is 10.8 Å². The largest absolute Gasteiger partial charge is 0.450 e. The maximum absolute atomic E-state index is 11.4. The maximum Gasteiger partial charge on any atom is 0.190 e. The fraction of sp³-hybridized carbons (Fsp3) is 0.444. The monoisotopic (exact) mass is 333 g/mol. The van der Waals surface area contributed by atoms with Gasteiger partial charge in [0.1, 0.15) is 11.9 Å². The molecule has 1 N–H and O–H groups in total. The Morgan fingerprint density at radius 1 is 1.30 bits per heavy atom. The lowest BCUT2D eigenvalue weighted by molar-refractivity contribution is 0.0317. The molecule has 0 amide bonds. The van der Waals surface area contributed by atoms with Crippen LogP contribution in [0.3, 0.4) is 0 Å². The zero-order valence-electron chi connectivity index (χ0n) is 13.4. The lowest BCUT2D eigenvalue weighted by Crippen LogP contribution is -2.37. The van der Waals surface area contributed by atoms with Crippen LogP contribution in [-0.2, 0) is 17.3 Å². The summed E-state index contributed by atoms with van der Waals surface area (Å²) in [4.78, 5) is 2.38. The molecule has 1 aliphatic heterocycles. The second-order valence-electron chi connectivity index (χ2n) is 6.18. The van der Waals surface area contributed by atoms with Crippen LogP contribution in [0.1, 0.15) is 30.3 Å². The molecule has 2 aromatic rings. The van der Waals surface area contributed by atoms with Crippen LogP contribution in [0.25, 0.3) is 0 Å². The maximum atomic E-state index is 11.4. The second kappa shape index (κ2) is 7.43. The van der Waals surface area contributed by atoms with Gasteiger partial charge in [-0.1, -0.05) is 30.3 Å². The molecule has 0 radical (unpaired) electrons. The summed E-state index contributed by atoms with van der Waals surface area (Å²) in [5.41, 5.74) is 1.30. The van der Waals surface area contributed by atoms with Crippen LogP contribution < -0.4 is 0 Å². The van der Waals surface area contributed by atoms with E-state index in [1.807, 2.05) is 6.07 Å². The van der Waals surface area contributed by atoms with E-state index in [0.29, 0.717) is 10.9 Å². The summed E-state index contributed by atoms with van der Waals surface area (Å²) in [7, 11) is -1.15. The van der Waals surface area contributed by atoms with E-state index in [0.717, 1.165) is 32.5 Å². The summed E-state index contributed by atoms with van der Waals surface area (Å²) < 4.78 is 17.0. The van der Waals surface area contributed by atoms with E-state index >= 15 is 0 Å². The average molecular weight is 333 g/mol. The van der Waals surface area contributed by atoms with Crippen molar-refractivity contribution >= 4 is 10.8 Å². The fourth-order valence-corrected chi connectivity index (χ4v) is 3.69. The molecule has 23 heavy (non-hydrogen) atoms. The third-order valence-electron chi connectivity index (χ3n) is 4.41. The minimum Gasteiger partial charge on any atom is -0.450 e. The zero-order chi connectivity index (χ0) is 16.2. The molecule has 1 fully saturated rings. The minimum atomic E-state index is -1.15. The Kier molecular flexibility index (Phi) is 5.30. The minimum absolute atomic E-state index is 0.150. The molecule has 1 aromatic carbocycles. The van der Waals surface area contributed by atoms with E-state index < -0.39 is 16.9 Å². The Morgan fingerprint density at radius 3 is 2.78 bits per heavy atom. The number of likely N-dealkylation sites (tertiary alicyclic amines) is 1. The van der Waals surface area contributed by atoms with Crippen molar-refractivity contribution < 1.29 is 13.7 Å². The molecule has 3 rings (SSSR count). The highest BCUT2D eigenvalue weighted by Crippen LogP contribution is 2.31. The lowest BCUT2D eigenvalue weighted by atomic mass is 9.91. The average Bonchev–Trinajstić information content (AvgIpc) is 3.06. The third-order valence-corrected chi connectivity index (χ3v) is 5.20. The summed E-state index contributed by atoms with van der Waals surface area (Å²) in [6.07, 6.45) is 3.00. The number of benzene rings is 1. The van der Waals surface area contributed by atoms with Crippen molar-refractivity contribution in [3.05, 3.63) is 53.8 Å². The van der Waals surface area contributed by atoms with E-state index in [2.05, 4.69) is 29.2 Å². The number of furan rings is 1. The molecule has 1 saturated heterocycles. The van der Waals surface area contributed by atoms with Gasteiger partial charge >= 0.3 is 0 Å². The summed E-state index contributed by atoms with van der Waals surface area (Å²) in [6.45, 7) is 2.81. The summed E-state index contributed by atoms with van der Waals surface area (Å²) >= 11 is 0. The molecule has 1 aliphatic rings. The summed E-state index contributed by atoms with van der Waals surface area (Å²) in [6, 6.07) is 13.8. The van der Waals surface area contributed by atoms with Crippen molar-refractivity contribution in [3.63, 3.8) is 0 Å². The molecule has 3 atom stereocenters. The van der Waals surface area contributed by atoms with E-state index in [1.165, 1.54) is 5.56 Å². The van der Waals surface area contributed by atoms with E-state index in [9.17, 15) is 9.32 Å². The number of piperidine rings is 1. The number of aliphatic hydroxyl groups excluding tert-OH is 1. The zero-order valence-corrected chi connectivity index (χ0v) is 14.2. The van der Waals surface area contributed by atoms with Gasteiger partial charge in [-0.3, -0.25) is 9.11 Å². The van der Waals surface area contributed by atoms with Crippen molar-refractivity contribution in [2.45, 2.75) is 30.6 Å². The first kappa shape index (κ1) is 16.4. The van der Waals surface area contributed by atoms with Crippen molar-refractivity contribution in [1.29, 1.82) is 0 Å². The standard InChI is InChI=1S/C18H23NO3S/c1-23(21)17-10-9-16(22-17)18(20)15-8-5-11-19(13-15)12-14-6-3-2-4-7-14/h2-4,6-7,9-10,15,18,20H,5,8,11-13H2,1H3. The van der Waals surface area contributed by atoms with Gasteiger partial charge in [-0.05, 0) is 37.1 Å². The van der Waals surface area contributed by atoms with Crippen molar-refractivity contribution in [2.75, 3.05) is 19.3 Å². The Labute approximate surface area is 139 Å². The van der Waals surface area contributed by atoms with Crippen LogP contribution >= 0.6 is 0 Å². The van der Waals surface area contributed by atoms with Gasteiger partial charge in [0.15, 0.2) is 5.09 Å². The molecule has 2 heterocycles. The normalized spacial score (nSPS) is 21.9. The Balaban J connectivity index is 1.64. The Bertz CT molecular complexity index is 655. The molecule has 3 unspecified atom stereocenters. The highest BCUT2D eigenvalue weighted by molar-refractivity contribution is 7.84. The molecule has 0 spiro atoms. The second-order valence-corrected chi connectivity index (χ2v) is 7.49. The quantitative estimate of drug-likeness (QED) is 0.914. The smallest absolute Gasteiger partial charge is 0.190 e. The molecule has 4 nitrogen and oxygen atoms in total. The van der Waals surface area contributed by atoms with Gasteiger partial charge in [-0.25, -0.2) is 0 Å². The van der Waals surface area contributed by atoms with Crippen LogP contribution in [0, 0.1) is 5.92 Å². The van der Waals surface area contributed by atoms with Crippen molar-refractivity contribution in [2.24, 2.45) is 5.92 Å². The van der Waals surface area contributed by atoms with Gasteiger partial charge in [-0.2, -0.15) is 0 Å². The van der Waals surface area contributed by atoms with Crippen LogP contribution in [0.5, 0.6) is 0 Å². The van der Waals surface area contributed by atoms with E-state index in [1.54, 1.807) is 18.4 Å². The summed E-state index contributed by atoms with van der Waals surface area (Å²) in [5, 5.41) is 11.0. The molecule has 5 heteroatoms. The van der Waals surface area contributed by atoms with Gasteiger partial charge in [0.2, 0.25) is 0 Å². The Hall–Kier alpha value is -1.43. The number of hydrogen-bond donors (Lipinski definition) is 1. The van der Waals surface area contributed by atoms with Crippen LogP contribution in [0.15, 0.2) is 52.0 Å². The number of rotatable bonds is 5. The molecular formula is C18H23NO3S. The third kappa shape index (κ3) is 4.10. The highest BCUT2D eigenvalue weighted by atomic mass is 32.2. The van der Waals surface area contributed by atoms with Gasteiger partial charge < -0.3 is 9.52 Å². The van der Waals surface area contributed by atoms with Gasteiger partial charge in [0.25, 0.3) is 0 Å². The Morgan fingerprint density at radius 2 is 2.09 bits per heavy atom.